The van der Waals surface area contributed by atoms with Gasteiger partial charge >= 0.3 is 0 Å². The van der Waals surface area contributed by atoms with E-state index < -0.39 is 0 Å². The molecule has 0 aromatic heterocycles. The number of nitrogens with zero attached hydrogens (tertiary/aromatic N) is 2. The van der Waals surface area contributed by atoms with Gasteiger partial charge < -0.3 is 14.7 Å². The predicted octanol–water partition coefficient (Wildman–Crippen LogP) is -0.435. The number of hydrogen-bond donors (Lipinski definition) is 2. The number of nitrogens with one attached hydrogen (secondary N) is 1. The smallest absolute Gasteiger partial charge is 0.160 e. The Morgan fingerprint density at radius 3 is 2.72 bits per heavy atom. The molecule has 5 nitrogen and oxygen atoms in total. The van der Waals surface area contributed by atoms with E-state index >= 15 is 0 Å². The largest absolute Gasteiger partial charge is 0.504 e. The zero-order valence-corrected chi connectivity index (χ0v) is 10.9. The van der Waals surface area contributed by atoms with E-state index in [0.717, 1.165) is 31.7 Å². The number of likely N-dealkylation sites (N-methyl/N-ethyl adjacent to an activating group) is 1. The number of phenols is 1. The van der Waals surface area contributed by atoms with Gasteiger partial charge in [0.05, 0.1) is 46.6 Å². The lowest BCUT2D eigenvalue weighted by Crippen LogP contribution is -3.11. The van der Waals surface area contributed by atoms with Crippen LogP contribution in [0, 0.1) is 0 Å². The van der Waals surface area contributed by atoms with Crippen LogP contribution < -0.4 is 9.64 Å². The molecule has 1 saturated heterocycles. The Labute approximate surface area is 107 Å². The summed E-state index contributed by atoms with van der Waals surface area (Å²) >= 11 is 0. The maximum absolute atomic E-state index is 9.66. The molecule has 5 heteroatoms. The molecule has 0 radical (unpaired) electrons. The van der Waals surface area contributed by atoms with Crippen LogP contribution in [0.25, 0.3) is 0 Å². The molecule has 0 aliphatic carbocycles. The van der Waals surface area contributed by atoms with Crippen molar-refractivity contribution in [3.05, 3.63) is 23.8 Å². The van der Waals surface area contributed by atoms with Crippen LogP contribution in [0.3, 0.4) is 0 Å². The van der Waals surface area contributed by atoms with E-state index in [1.165, 1.54) is 7.11 Å². The first kappa shape index (κ1) is 12.7. The second kappa shape index (κ2) is 5.73. The highest BCUT2D eigenvalue weighted by Gasteiger charge is 2.13. The number of phenolic OH excluding ortho intramolecular Hbond substituents is 1. The zero-order valence-electron chi connectivity index (χ0n) is 10.9. The monoisotopic (exact) mass is 250 g/mol. The molecule has 1 aromatic carbocycles. The van der Waals surface area contributed by atoms with E-state index in [2.05, 4.69) is 17.2 Å². The molecule has 1 aromatic rings. The molecule has 0 unspecified atom stereocenters. The van der Waals surface area contributed by atoms with Gasteiger partial charge in [-0.15, -0.1) is 0 Å². The average molecular weight is 250 g/mol. The van der Waals surface area contributed by atoms with Gasteiger partial charge in [0.25, 0.3) is 0 Å². The van der Waals surface area contributed by atoms with Crippen molar-refractivity contribution < 1.29 is 14.7 Å². The number of piperazine rings is 1. The number of benzene rings is 1. The Hall–Kier alpha value is -1.75. The lowest BCUT2D eigenvalue weighted by molar-refractivity contribution is -0.884. The minimum absolute atomic E-state index is 0.143. The minimum Gasteiger partial charge on any atom is -0.504 e. The SMILES string of the molecule is COc1ccc(/C=N\N2CC[NH+](C)CC2)cc1O. The van der Waals surface area contributed by atoms with Crippen LogP contribution in [-0.2, 0) is 0 Å². The first-order valence-electron chi connectivity index (χ1n) is 6.16. The van der Waals surface area contributed by atoms with Gasteiger partial charge in [0.2, 0.25) is 0 Å². The molecular weight excluding hydrogens is 230 g/mol. The molecular formula is C13H20N3O2+. The zero-order chi connectivity index (χ0) is 13.0. The highest BCUT2D eigenvalue weighted by Crippen LogP contribution is 2.25. The fraction of sp³-hybridized carbons (Fsp3) is 0.462. The van der Waals surface area contributed by atoms with Crippen LogP contribution >= 0.6 is 0 Å². The van der Waals surface area contributed by atoms with Gasteiger partial charge in [-0.3, -0.25) is 5.01 Å². The van der Waals surface area contributed by atoms with E-state index in [4.69, 9.17) is 4.74 Å². The van der Waals surface area contributed by atoms with Crippen LogP contribution in [0.4, 0.5) is 0 Å². The number of aromatic hydroxyl groups is 1. The lowest BCUT2D eigenvalue weighted by atomic mass is 10.2. The molecule has 98 valence electrons. The molecule has 0 bridgehead atoms. The number of hydrazone groups is 1. The summed E-state index contributed by atoms with van der Waals surface area (Å²) in [5.74, 6) is 0.625. The van der Waals surface area contributed by atoms with Gasteiger partial charge in [0, 0.05) is 0 Å². The van der Waals surface area contributed by atoms with E-state index in [1.54, 1.807) is 23.2 Å². The van der Waals surface area contributed by atoms with Crippen LogP contribution in [0.1, 0.15) is 5.56 Å². The van der Waals surface area contributed by atoms with Crippen molar-refractivity contribution in [2.24, 2.45) is 5.10 Å². The first-order valence-corrected chi connectivity index (χ1v) is 6.16. The predicted molar refractivity (Wildman–Crippen MR) is 70.4 cm³/mol. The van der Waals surface area contributed by atoms with Crippen LogP contribution in [-0.4, -0.2) is 56.7 Å². The summed E-state index contributed by atoms with van der Waals surface area (Å²) in [6.07, 6.45) is 1.78. The number of hydrogen-bond acceptors (Lipinski definition) is 4. The Balaban J connectivity index is 1.98. The van der Waals surface area contributed by atoms with Crippen molar-refractivity contribution in [3.8, 4) is 11.5 Å². The summed E-state index contributed by atoms with van der Waals surface area (Å²) in [5.41, 5.74) is 0.875. The number of ether oxygens (including phenoxy) is 1. The standard InChI is InChI=1S/C13H19N3O2/c1-15-5-7-16(8-6-15)14-10-11-3-4-13(18-2)12(17)9-11/h3-4,9-10,17H,5-8H2,1-2H3/p+1/b14-10-. The fourth-order valence-corrected chi connectivity index (χ4v) is 1.93. The second-order valence-corrected chi connectivity index (χ2v) is 4.59. The molecule has 1 aliphatic heterocycles. The van der Waals surface area contributed by atoms with E-state index in [9.17, 15) is 5.11 Å². The number of methoxy groups -OCH3 is 1. The van der Waals surface area contributed by atoms with Crippen LogP contribution in [0.5, 0.6) is 11.5 Å². The van der Waals surface area contributed by atoms with Crippen molar-refractivity contribution in [3.63, 3.8) is 0 Å². The van der Waals surface area contributed by atoms with E-state index in [-0.39, 0.29) is 5.75 Å². The average Bonchev–Trinajstić information content (AvgIpc) is 2.38. The Morgan fingerprint density at radius 2 is 2.11 bits per heavy atom. The van der Waals surface area contributed by atoms with Gasteiger partial charge in [-0.1, -0.05) is 0 Å². The fourth-order valence-electron chi connectivity index (χ4n) is 1.93. The Kier molecular flexibility index (Phi) is 4.04. The molecule has 0 spiro atoms. The normalized spacial score (nSPS) is 17.3. The lowest BCUT2D eigenvalue weighted by Gasteiger charge is -2.27. The molecule has 1 fully saturated rings. The summed E-state index contributed by atoms with van der Waals surface area (Å²) in [6.45, 7) is 4.19. The van der Waals surface area contributed by atoms with Gasteiger partial charge in [0.15, 0.2) is 11.5 Å². The Morgan fingerprint density at radius 1 is 1.39 bits per heavy atom. The topological polar surface area (TPSA) is 49.5 Å². The van der Waals surface area contributed by atoms with Gasteiger partial charge in [-0.05, 0) is 23.8 Å². The molecule has 2 rings (SSSR count). The third-order valence-corrected chi connectivity index (χ3v) is 3.17. The summed E-state index contributed by atoms with van der Waals surface area (Å²) in [6, 6.07) is 5.28. The van der Waals surface area contributed by atoms with Gasteiger partial charge in [-0.25, -0.2) is 0 Å². The van der Waals surface area contributed by atoms with E-state index in [1.807, 2.05) is 6.07 Å². The molecule has 18 heavy (non-hydrogen) atoms. The molecule has 1 heterocycles. The minimum atomic E-state index is 0.143. The third-order valence-electron chi connectivity index (χ3n) is 3.17. The van der Waals surface area contributed by atoms with Crippen LogP contribution in [0.15, 0.2) is 23.3 Å². The molecule has 0 atom stereocenters. The van der Waals surface area contributed by atoms with Crippen molar-refractivity contribution in [1.82, 2.24) is 5.01 Å². The maximum Gasteiger partial charge on any atom is 0.160 e. The summed E-state index contributed by atoms with van der Waals surface area (Å²) in [7, 11) is 3.73. The second-order valence-electron chi connectivity index (χ2n) is 4.59. The van der Waals surface area contributed by atoms with Crippen LogP contribution in [0.2, 0.25) is 0 Å². The van der Waals surface area contributed by atoms with Crippen molar-refractivity contribution in [2.75, 3.05) is 40.3 Å². The summed E-state index contributed by atoms with van der Waals surface area (Å²) in [5, 5.41) is 16.2. The molecule has 2 N–H and O–H groups in total. The number of quaternary nitrogens is 1. The third kappa shape index (κ3) is 3.13. The first-order chi connectivity index (χ1) is 8.69. The van der Waals surface area contributed by atoms with E-state index in [0.29, 0.717) is 5.75 Å². The van der Waals surface area contributed by atoms with Crippen molar-refractivity contribution in [2.45, 2.75) is 0 Å². The maximum atomic E-state index is 9.66. The molecule has 0 saturated carbocycles. The van der Waals surface area contributed by atoms with Gasteiger partial charge in [-0.2, -0.15) is 5.10 Å². The quantitative estimate of drug-likeness (QED) is 0.715. The Bertz CT molecular complexity index is 426. The molecule has 1 aliphatic rings. The molecule has 0 amide bonds. The highest BCUT2D eigenvalue weighted by atomic mass is 16.5. The number of rotatable bonds is 3. The van der Waals surface area contributed by atoms with Crippen molar-refractivity contribution >= 4 is 6.21 Å². The van der Waals surface area contributed by atoms with Crippen molar-refractivity contribution in [1.29, 1.82) is 0 Å². The summed E-state index contributed by atoms with van der Waals surface area (Å²) in [4.78, 5) is 1.54. The highest BCUT2D eigenvalue weighted by molar-refractivity contribution is 5.80. The summed E-state index contributed by atoms with van der Waals surface area (Å²) < 4.78 is 5.00. The van der Waals surface area contributed by atoms with Gasteiger partial charge in [0.1, 0.15) is 0 Å².